The smallest absolute Gasteiger partial charge is 0.257 e. The number of hydrogen-bond donors (Lipinski definition) is 2. The summed E-state index contributed by atoms with van der Waals surface area (Å²) in [6.45, 7) is 5.48. The molecule has 0 aliphatic rings. The highest BCUT2D eigenvalue weighted by Gasteiger charge is 2.22. The maximum absolute atomic E-state index is 12.4. The fraction of sp³-hybridized carbons (Fsp3) is 0.294. The second-order valence-electron chi connectivity index (χ2n) is 5.78. The third-order valence-corrected chi connectivity index (χ3v) is 7.22. The number of aromatic nitrogens is 1. The second-order valence-corrected chi connectivity index (χ2v) is 9.40. The minimum Gasteiger partial charge on any atom is -0.295 e. The molecule has 0 aliphatic heterocycles. The van der Waals surface area contributed by atoms with Crippen LogP contribution in [0.4, 0.5) is 5.82 Å². The van der Waals surface area contributed by atoms with Crippen LogP contribution in [-0.4, -0.2) is 45.0 Å². The van der Waals surface area contributed by atoms with Crippen molar-refractivity contribution in [1.82, 2.24) is 14.1 Å². The van der Waals surface area contributed by atoms with E-state index in [4.69, 9.17) is 0 Å². The van der Waals surface area contributed by atoms with Crippen LogP contribution in [0.5, 0.6) is 0 Å². The Morgan fingerprint density at radius 1 is 1.04 bits per heavy atom. The third-order valence-electron chi connectivity index (χ3n) is 3.94. The number of sulfonamides is 2. The standard InChI is InChI=1S/C17H22N4O5S2/c1-4-21(5-2)28(25,26)16-9-10-17(18-12-16)19-20-27(23,24)15-8-6-7-14(11-15)13(3)22/h6-12,20H,4-5H2,1-3H3,(H,18,19). The molecule has 9 nitrogen and oxygen atoms in total. The number of hydrazine groups is 1. The van der Waals surface area contributed by atoms with Crippen molar-refractivity contribution in [2.75, 3.05) is 18.5 Å². The molecule has 0 atom stereocenters. The van der Waals surface area contributed by atoms with Crippen LogP contribution in [0.2, 0.25) is 0 Å². The molecule has 11 heteroatoms. The topological polar surface area (TPSA) is 126 Å². The van der Waals surface area contributed by atoms with E-state index in [1.54, 1.807) is 13.8 Å². The van der Waals surface area contributed by atoms with Gasteiger partial charge in [0.1, 0.15) is 10.7 Å². The summed E-state index contributed by atoms with van der Waals surface area (Å²) in [6.07, 6.45) is 1.15. The number of carbonyl (C=O) groups is 1. The molecule has 152 valence electrons. The summed E-state index contributed by atoms with van der Waals surface area (Å²) in [4.78, 5) is 17.4. The fourth-order valence-corrected chi connectivity index (χ4v) is 4.68. The Kier molecular flexibility index (Phi) is 6.88. The molecular weight excluding hydrogens is 404 g/mol. The van der Waals surface area contributed by atoms with Gasteiger partial charge in [-0.25, -0.2) is 21.8 Å². The van der Waals surface area contributed by atoms with Crippen LogP contribution in [0.15, 0.2) is 52.4 Å². The van der Waals surface area contributed by atoms with E-state index in [0.717, 1.165) is 6.20 Å². The van der Waals surface area contributed by atoms with Gasteiger partial charge in [-0.3, -0.25) is 10.2 Å². The van der Waals surface area contributed by atoms with Crippen LogP contribution in [0, 0.1) is 0 Å². The van der Waals surface area contributed by atoms with E-state index in [1.165, 1.54) is 47.6 Å². The van der Waals surface area contributed by atoms with Crippen molar-refractivity contribution in [1.29, 1.82) is 0 Å². The number of nitrogens with zero attached hydrogens (tertiary/aromatic N) is 2. The predicted molar refractivity (Wildman–Crippen MR) is 105 cm³/mol. The highest BCUT2D eigenvalue weighted by molar-refractivity contribution is 7.89. The number of anilines is 1. The first-order valence-corrected chi connectivity index (χ1v) is 11.4. The molecule has 0 saturated carbocycles. The first-order chi connectivity index (χ1) is 13.1. The molecule has 0 saturated heterocycles. The zero-order valence-electron chi connectivity index (χ0n) is 15.7. The van der Waals surface area contributed by atoms with Crippen LogP contribution >= 0.6 is 0 Å². The summed E-state index contributed by atoms with van der Waals surface area (Å²) < 4.78 is 50.9. The summed E-state index contributed by atoms with van der Waals surface area (Å²) in [7, 11) is -7.60. The average Bonchev–Trinajstić information content (AvgIpc) is 2.67. The molecule has 0 bridgehead atoms. The van der Waals surface area contributed by atoms with Crippen molar-refractivity contribution in [3.8, 4) is 0 Å². The lowest BCUT2D eigenvalue weighted by molar-refractivity contribution is 0.101. The van der Waals surface area contributed by atoms with Crippen molar-refractivity contribution in [2.24, 2.45) is 0 Å². The Bertz CT molecular complexity index is 1050. The van der Waals surface area contributed by atoms with Gasteiger partial charge in [-0.15, -0.1) is 4.83 Å². The zero-order chi connectivity index (χ0) is 20.9. The molecule has 2 rings (SSSR count). The Labute approximate surface area is 164 Å². The van der Waals surface area contributed by atoms with Crippen LogP contribution in [0.1, 0.15) is 31.1 Å². The molecule has 1 aromatic carbocycles. The average molecular weight is 427 g/mol. The van der Waals surface area contributed by atoms with E-state index in [9.17, 15) is 21.6 Å². The molecule has 0 radical (unpaired) electrons. The van der Waals surface area contributed by atoms with Gasteiger partial charge in [-0.05, 0) is 31.2 Å². The number of ketones is 1. The van der Waals surface area contributed by atoms with Crippen molar-refractivity contribution in [2.45, 2.75) is 30.6 Å². The minimum atomic E-state index is -3.95. The summed E-state index contributed by atoms with van der Waals surface area (Å²) in [5, 5.41) is 0. The van der Waals surface area contributed by atoms with Crippen molar-refractivity contribution in [3.63, 3.8) is 0 Å². The molecule has 2 aromatic rings. The molecule has 0 aliphatic carbocycles. The van der Waals surface area contributed by atoms with Crippen LogP contribution in [0.25, 0.3) is 0 Å². The third kappa shape index (κ3) is 4.93. The number of pyridine rings is 1. The van der Waals surface area contributed by atoms with Gasteiger partial charge < -0.3 is 0 Å². The number of nitrogens with one attached hydrogen (secondary N) is 2. The summed E-state index contributed by atoms with van der Waals surface area (Å²) in [6, 6.07) is 8.30. The number of Topliss-reactive ketones (excluding diaryl/α,β-unsaturated/α-hetero) is 1. The highest BCUT2D eigenvalue weighted by Crippen LogP contribution is 2.16. The normalized spacial score (nSPS) is 12.1. The SMILES string of the molecule is CCN(CC)S(=O)(=O)c1ccc(NNS(=O)(=O)c2cccc(C(C)=O)c2)nc1. The van der Waals surface area contributed by atoms with Crippen LogP contribution < -0.4 is 10.3 Å². The Hall–Kier alpha value is -2.34. The van der Waals surface area contributed by atoms with E-state index >= 15 is 0 Å². The summed E-state index contributed by atoms with van der Waals surface area (Å²) in [5.74, 6) is -0.138. The summed E-state index contributed by atoms with van der Waals surface area (Å²) >= 11 is 0. The van der Waals surface area contributed by atoms with Gasteiger partial charge in [0, 0.05) is 24.8 Å². The van der Waals surface area contributed by atoms with E-state index in [2.05, 4.69) is 15.2 Å². The summed E-state index contributed by atoms with van der Waals surface area (Å²) in [5.41, 5.74) is 2.70. The zero-order valence-corrected chi connectivity index (χ0v) is 17.3. The molecule has 0 fully saturated rings. The van der Waals surface area contributed by atoms with Gasteiger partial charge >= 0.3 is 0 Å². The quantitative estimate of drug-likeness (QED) is 0.461. The van der Waals surface area contributed by atoms with Crippen molar-refractivity contribution in [3.05, 3.63) is 48.2 Å². The second kappa shape index (κ2) is 8.78. The van der Waals surface area contributed by atoms with Crippen LogP contribution in [-0.2, 0) is 20.0 Å². The monoisotopic (exact) mass is 426 g/mol. The highest BCUT2D eigenvalue weighted by atomic mass is 32.2. The Morgan fingerprint density at radius 3 is 2.25 bits per heavy atom. The number of benzene rings is 1. The molecule has 1 aromatic heterocycles. The lowest BCUT2D eigenvalue weighted by atomic mass is 10.2. The van der Waals surface area contributed by atoms with Gasteiger partial charge in [0.2, 0.25) is 10.0 Å². The molecule has 0 amide bonds. The minimum absolute atomic E-state index is 0.0127. The van der Waals surface area contributed by atoms with Gasteiger partial charge in [0.05, 0.1) is 4.90 Å². The van der Waals surface area contributed by atoms with E-state index < -0.39 is 20.0 Å². The number of carbonyl (C=O) groups excluding carboxylic acids is 1. The van der Waals surface area contributed by atoms with Crippen molar-refractivity contribution < 1.29 is 21.6 Å². The van der Waals surface area contributed by atoms with E-state index in [1.807, 2.05) is 0 Å². The number of rotatable bonds is 9. The maximum atomic E-state index is 12.4. The Balaban J connectivity index is 2.15. The lowest BCUT2D eigenvalue weighted by Crippen LogP contribution is -2.31. The van der Waals surface area contributed by atoms with E-state index in [0.29, 0.717) is 13.1 Å². The molecule has 1 heterocycles. The van der Waals surface area contributed by atoms with Gasteiger partial charge in [-0.2, -0.15) is 4.31 Å². The molecule has 0 spiro atoms. The van der Waals surface area contributed by atoms with Gasteiger partial charge in [-0.1, -0.05) is 26.0 Å². The largest absolute Gasteiger partial charge is 0.295 e. The molecule has 28 heavy (non-hydrogen) atoms. The van der Waals surface area contributed by atoms with Crippen LogP contribution in [0.3, 0.4) is 0 Å². The fourth-order valence-electron chi connectivity index (χ4n) is 2.38. The number of hydrogen-bond acceptors (Lipinski definition) is 7. The lowest BCUT2D eigenvalue weighted by Gasteiger charge is -2.18. The molecule has 0 unspecified atom stereocenters. The van der Waals surface area contributed by atoms with Gasteiger partial charge in [0.25, 0.3) is 10.0 Å². The van der Waals surface area contributed by atoms with E-state index in [-0.39, 0.29) is 27.0 Å². The Morgan fingerprint density at radius 2 is 1.71 bits per heavy atom. The molecule has 2 N–H and O–H groups in total. The first kappa shape index (κ1) is 22.0. The maximum Gasteiger partial charge on any atom is 0.257 e. The van der Waals surface area contributed by atoms with Gasteiger partial charge in [0.15, 0.2) is 5.78 Å². The van der Waals surface area contributed by atoms with Crippen molar-refractivity contribution >= 4 is 31.6 Å². The molecular formula is C17H22N4O5S2. The predicted octanol–water partition coefficient (Wildman–Crippen LogP) is 1.62. The first-order valence-electron chi connectivity index (χ1n) is 8.46.